The number of rotatable bonds is 4. The van der Waals surface area contributed by atoms with Crippen LogP contribution in [0, 0.1) is 0 Å². The van der Waals surface area contributed by atoms with Gasteiger partial charge in [-0.2, -0.15) is 0 Å². The molecule has 116 valence electrons. The number of aromatic nitrogens is 2. The van der Waals surface area contributed by atoms with E-state index in [4.69, 9.17) is 9.47 Å². The average molecular weight is 301 g/mol. The predicted molar refractivity (Wildman–Crippen MR) is 69.1 cm³/mol. The highest BCUT2D eigenvalue weighted by Gasteiger charge is 2.27. The van der Waals surface area contributed by atoms with Crippen molar-refractivity contribution in [3.8, 4) is 0 Å². The summed E-state index contributed by atoms with van der Waals surface area (Å²) in [6.07, 6.45) is -2.27. The van der Waals surface area contributed by atoms with Crippen molar-refractivity contribution in [1.29, 1.82) is 0 Å². The van der Waals surface area contributed by atoms with Crippen molar-refractivity contribution < 1.29 is 23.0 Å². The lowest BCUT2D eigenvalue weighted by Crippen LogP contribution is -2.36. The number of alkyl halides is 2. The van der Waals surface area contributed by atoms with E-state index in [0.29, 0.717) is 13.2 Å². The fourth-order valence-electron chi connectivity index (χ4n) is 2.03. The highest BCUT2D eigenvalue weighted by molar-refractivity contribution is 5.90. The third-order valence-corrected chi connectivity index (χ3v) is 3.10. The first-order chi connectivity index (χ1) is 10.0. The summed E-state index contributed by atoms with van der Waals surface area (Å²) in [5, 5.41) is 0. The molecule has 1 aliphatic rings. The SMILES string of the molecule is CCOC(=O)c1cnc(C2CN(C)CCO2)nc1C(F)F. The Morgan fingerprint density at radius 3 is 3.00 bits per heavy atom. The number of esters is 1. The van der Waals surface area contributed by atoms with Crippen LogP contribution in [0.2, 0.25) is 0 Å². The largest absolute Gasteiger partial charge is 0.462 e. The second-order valence-electron chi connectivity index (χ2n) is 4.67. The first kappa shape index (κ1) is 15.7. The summed E-state index contributed by atoms with van der Waals surface area (Å²) in [6.45, 7) is 3.45. The molecule has 2 heterocycles. The van der Waals surface area contributed by atoms with Crippen molar-refractivity contribution >= 4 is 5.97 Å². The van der Waals surface area contributed by atoms with Crippen LogP contribution in [-0.2, 0) is 9.47 Å². The smallest absolute Gasteiger partial charge is 0.341 e. The molecule has 2 rings (SSSR count). The van der Waals surface area contributed by atoms with E-state index in [0.717, 1.165) is 12.7 Å². The van der Waals surface area contributed by atoms with E-state index in [2.05, 4.69) is 9.97 Å². The lowest BCUT2D eigenvalue weighted by atomic mass is 10.2. The zero-order chi connectivity index (χ0) is 15.4. The van der Waals surface area contributed by atoms with Crippen LogP contribution in [0.4, 0.5) is 8.78 Å². The summed E-state index contributed by atoms with van der Waals surface area (Å²) in [5.74, 6) is -0.689. The molecule has 1 aliphatic heterocycles. The Labute approximate surface area is 121 Å². The summed E-state index contributed by atoms with van der Waals surface area (Å²) in [4.78, 5) is 21.4. The lowest BCUT2D eigenvalue weighted by molar-refractivity contribution is -0.0259. The minimum absolute atomic E-state index is 0.0970. The zero-order valence-electron chi connectivity index (χ0n) is 11.9. The van der Waals surface area contributed by atoms with Crippen LogP contribution in [-0.4, -0.2) is 54.2 Å². The highest BCUT2D eigenvalue weighted by atomic mass is 19.3. The van der Waals surface area contributed by atoms with Crippen LogP contribution < -0.4 is 0 Å². The molecule has 0 amide bonds. The molecular formula is C13H17F2N3O3. The molecule has 1 fully saturated rings. The number of hydrogen-bond acceptors (Lipinski definition) is 6. The number of morpholine rings is 1. The molecule has 6 nitrogen and oxygen atoms in total. The highest BCUT2D eigenvalue weighted by Crippen LogP contribution is 2.25. The molecule has 0 bridgehead atoms. The average Bonchev–Trinajstić information content (AvgIpc) is 2.46. The Kier molecular flexibility index (Phi) is 5.13. The Bertz CT molecular complexity index is 513. The van der Waals surface area contributed by atoms with Crippen molar-refractivity contribution in [2.24, 2.45) is 0 Å². The number of carbonyl (C=O) groups excluding carboxylic acids is 1. The molecule has 0 aromatic carbocycles. The molecule has 1 saturated heterocycles. The van der Waals surface area contributed by atoms with Crippen LogP contribution in [0.1, 0.15) is 41.3 Å². The normalized spacial score (nSPS) is 19.8. The van der Waals surface area contributed by atoms with Gasteiger partial charge in [0.2, 0.25) is 0 Å². The van der Waals surface area contributed by atoms with Crippen LogP contribution in [0.15, 0.2) is 6.20 Å². The van der Waals surface area contributed by atoms with Crippen molar-refractivity contribution in [3.63, 3.8) is 0 Å². The zero-order valence-corrected chi connectivity index (χ0v) is 11.9. The maximum atomic E-state index is 13.1. The topological polar surface area (TPSA) is 64.5 Å². The third-order valence-electron chi connectivity index (χ3n) is 3.10. The standard InChI is InChI=1S/C13H17F2N3O3/c1-3-20-13(19)8-6-16-12(17-10(8)11(14)15)9-7-18(2)4-5-21-9/h6,9,11H,3-5,7H2,1-2H3. The van der Waals surface area contributed by atoms with Crippen molar-refractivity contribution in [3.05, 3.63) is 23.3 Å². The second-order valence-corrected chi connectivity index (χ2v) is 4.67. The summed E-state index contributed by atoms with van der Waals surface area (Å²) in [6, 6.07) is 0. The second kappa shape index (κ2) is 6.86. The monoisotopic (exact) mass is 301 g/mol. The molecule has 0 spiro atoms. The number of halogens is 2. The van der Waals surface area contributed by atoms with Crippen LogP contribution in [0.3, 0.4) is 0 Å². The molecule has 1 unspecified atom stereocenters. The van der Waals surface area contributed by atoms with Gasteiger partial charge in [0.05, 0.1) is 13.2 Å². The maximum absolute atomic E-state index is 13.1. The molecular weight excluding hydrogens is 284 g/mol. The van der Waals surface area contributed by atoms with Gasteiger partial charge in [0.25, 0.3) is 6.43 Å². The quantitative estimate of drug-likeness (QED) is 0.787. The van der Waals surface area contributed by atoms with Gasteiger partial charge in [0.1, 0.15) is 17.4 Å². The van der Waals surface area contributed by atoms with Gasteiger partial charge in [-0.3, -0.25) is 0 Å². The van der Waals surface area contributed by atoms with Gasteiger partial charge in [0.15, 0.2) is 5.82 Å². The third kappa shape index (κ3) is 3.70. The number of ether oxygens (including phenoxy) is 2. The molecule has 8 heteroatoms. The Morgan fingerprint density at radius 2 is 2.38 bits per heavy atom. The van der Waals surface area contributed by atoms with E-state index < -0.39 is 24.2 Å². The molecule has 1 aromatic heterocycles. The van der Waals surface area contributed by atoms with Gasteiger partial charge in [-0.05, 0) is 14.0 Å². The first-order valence-electron chi connectivity index (χ1n) is 6.65. The van der Waals surface area contributed by atoms with Gasteiger partial charge >= 0.3 is 5.97 Å². The van der Waals surface area contributed by atoms with Gasteiger partial charge in [-0.15, -0.1) is 0 Å². The van der Waals surface area contributed by atoms with Crippen molar-refractivity contribution in [2.45, 2.75) is 19.5 Å². The van der Waals surface area contributed by atoms with E-state index in [1.165, 1.54) is 0 Å². The number of hydrogen-bond donors (Lipinski definition) is 0. The minimum Gasteiger partial charge on any atom is -0.462 e. The maximum Gasteiger partial charge on any atom is 0.341 e. The molecule has 0 radical (unpaired) electrons. The van der Waals surface area contributed by atoms with E-state index in [1.807, 2.05) is 11.9 Å². The predicted octanol–water partition coefficient (Wildman–Crippen LogP) is 1.59. The Morgan fingerprint density at radius 1 is 1.62 bits per heavy atom. The van der Waals surface area contributed by atoms with Crippen molar-refractivity contribution in [1.82, 2.24) is 14.9 Å². The molecule has 0 N–H and O–H groups in total. The summed E-state index contributed by atoms with van der Waals surface area (Å²) in [5.41, 5.74) is -0.921. The fraction of sp³-hybridized carbons (Fsp3) is 0.615. The van der Waals surface area contributed by atoms with E-state index in [1.54, 1.807) is 6.92 Å². The Balaban J connectivity index is 2.29. The number of likely N-dealkylation sites (N-methyl/N-ethyl adjacent to an activating group) is 1. The Hall–Kier alpha value is -1.67. The molecule has 21 heavy (non-hydrogen) atoms. The van der Waals surface area contributed by atoms with E-state index in [9.17, 15) is 13.6 Å². The van der Waals surface area contributed by atoms with Crippen LogP contribution in [0.5, 0.6) is 0 Å². The van der Waals surface area contributed by atoms with Crippen LogP contribution in [0.25, 0.3) is 0 Å². The van der Waals surface area contributed by atoms with Gasteiger partial charge in [-0.1, -0.05) is 0 Å². The first-order valence-corrected chi connectivity index (χ1v) is 6.65. The van der Waals surface area contributed by atoms with Gasteiger partial charge in [-0.25, -0.2) is 23.5 Å². The fourth-order valence-corrected chi connectivity index (χ4v) is 2.03. The molecule has 1 aromatic rings. The summed E-state index contributed by atoms with van der Waals surface area (Å²) in [7, 11) is 1.90. The van der Waals surface area contributed by atoms with Gasteiger partial charge < -0.3 is 14.4 Å². The number of nitrogens with zero attached hydrogens (tertiary/aromatic N) is 3. The number of carbonyl (C=O) groups is 1. The van der Waals surface area contributed by atoms with Crippen LogP contribution >= 0.6 is 0 Å². The molecule has 1 atom stereocenters. The van der Waals surface area contributed by atoms with Crippen molar-refractivity contribution in [2.75, 3.05) is 33.4 Å². The van der Waals surface area contributed by atoms with Gasteiger partial charge in [0, 0.05) is 19.3 Å². The lowest BCUT2D eigenvalue weighted by Gasteiger charge is -2.29. The molecule has 0 aliphatic carbocycles. The molecule has 0 saturated carbocycles. The van der Waals surface area contributed by atoms with E-state index >= 15 is 0 Å². The minimum atomic E-state index is -2.88. The summed E-state index contributed by atoms with van der Waals surface area (Å²) < 4.78 is 36.4. The van der Waals surface area contributed by atoms with E-state index in [-0.39, 0.29) is 18.0 Å². The summed E-state index contributed by atoms with van der Waals surface area (Å²) >= 11 is 0.